The van der Waals surface area contributed by atoms with Crippen molar-refractivity contribution in [3.63, 3.8) is 0 Å². The predicted molar refractivity (Wildman–Crippen MR) is 92.2 cm³/mol. The van der Waals surface area contributed by atoms with Crippen LogP contribution in [-0.2, 0) is 14.3 Å². The van der Waals surface area contributed by atoms with Gasteiger partial charge in [0.05, 0.1) is 0 Å². The Bertz CT molecular complexity index is 694. The zero-order chi connectivity index (χ0) is 16.8. The lowest BCUT2D eigenvalue weighted by molar-refractivity contribution is -0.153. The van der Waals surface area contributed by atoms with Gasteiger partial charge in [-0.1, -0.05) is 44.2 Å². The molecule has 0 heterocycles. The van der Waals surface area contributed by atoms with Crippen LogP contribution in [0.5, 0.6) is 0 Å². The highest BCUT2D eigenvalue weighted by Crippen LogP contribution is 2.19. The molecule has 4 heteroatoms. The van der Waals surface area contributed by atoms with Crippen LogP contribution in [0.25, 0.3) is 10.8 Å². The average molecular weight is 313 g/mol. The summed E-state index contributed by atoms with van der Waals surface area (Å²) in [6.07, 6.45) is 0.296. The molecule has 0 radical (unpaired) electrons. The number of esters is 1. The lowest BCUT2D eigenvalue weighted by Crippen LogP contribution is -2.30. The van der Waals surface area contributed by atoms with E-state index in [2.05, 4.69) is 5.32 Å². The molecule has 0 saturated heterocycles. The van der Waals surface area contributed by atoms with Gasteiger partial charge in [-0.2, -0.15) is 0 Å². The first-order valence-electron chi connectivity index (χ1n) is 7.95. The molecule has 0 spiro atoms. The Morgan fingerprint density at radius 1 is 1.04 bits per heavy atom. The number of amides is 1. The van der Waals surface area contributed by atoms with Crippen molar-refractivity contribution in [2.75, 3.05) is 5.32 Å². The van der Waals surface area contributed by atoms with E-state index in [4.69, 9.17) is 4.74 Å². The minimum atomic E-state index is -0.805. The van der Waals surface area contributed by atoms with E-state index in [0.717, 1.165) is 17.2 Å². The van der Waals surface area contributed by atoms with E-state index >= 15 is 0 Å². The van der Waals surface area contributed by atoms with Gasteiger partial charge in [0.25, 0.3) is 5.91 Å². The summed E-state index contributed by atoms with van der Waals surface area (Å²) in [6, 6.07) is 13.6. The van der Waals surface area contributed by atoms with Crippen molar-refractivity contribution in [3.05, 3.63) is 42.5 Å². The first kappa shape index (κ1) is 17.0. The van der Waals surface area contributed by atoms with Gasteiger partial charge in [-0.05, 0) is 42.2 Å². The molecule has 0 bridgehead atoms. The lowest BCUT2D eigenvalue weighted by Gasteiger charge is -2.14. The summed E-state index contributed by atoms with van der Waals surface area (Å²) in [6.45, 7) is 5.68. The largest absolute Gasteiger partial charge is 0.453 e. The second kappa shape index (κ2) is 7.77. The highest BCUT2D eigenvalue weighted by molar-refractivity contribution is 5.97. The quantitative estimate of drug-likeness (QED) is 0.815. The van der Waals surface area contributed by atoms with Crippen LogP contribution in [0.3, 0.4) is 0 Å². The van der Waals surface area contributed by atoms with Gasteiger partial charge in [0.2, 0.25) is 0 Å². The fraction of sp³-hybridized carbons (Fsp3) is 0.368. The molecule has 0 aliphatic carbocycles. The van der Waals surface area contributed by atoms with Gasteiger partial charge in [-0.15, -0.1) is 0 Å². The molecule has 0 fully saturated rings. The predicted octanol–water partition coefficient (Wildman–Crippen LogP) is 4.15. The van der Waals surface area contributed by atoms with Crippen LogP contribution < -0.4 is 5.32 Å². The topological polar surface area (TPSA) is 55.4 Å². The maximum atomic E-state index is 12.1. The smallest absolute Gasteiger partial charge is 0.306 e. The van der Waals surface area contributed by atoms with Crippen LogP contribution >= 0.6 is 0 Å². The number of fused-ring (bicyclic) bond motifs is 1. The number of anilines is 1. The van der Waals surface area contributed by atoms with Crippen molar-refractivity contribution in [1.29, 1.82) is 0 Å². The van der Waals surface area contributed by atoms with Crippen molar-refractivity contribution in [2.24, 2.45) is 5.92 Å². The first-order valence-corrected chi connectivity index (χ1v) is 7.95. The van der Waals surface area contributed by atoms with Crippen molar-refractivity contribution >= 4 is 28.3 Å². The summed E-state index contributed by atoms with van der Waals surface area (Å²) in [4.78, 5) is 23.8. The zero-order valence-corrected chi connectivity index (χ0v) is 13.8. The highest BCUT2D eigenvalue weighted by Gasteiger charge is 2.18. The van der Waals surface area contributed by atoms with Gasteiger partial charge in [0.1, 0.15) is 0 Å². The number of carbonyl (C=O) groups is 2. The molecule has 1 N–H and O–H groups in total. The second-order valence-corrected chi connectivity index (χ2v) is 6.12. The van der Waals surface area contributed by atoms with Gasteiger partial charge < -0.3 is 10.1 Å². The number of carbonyl (C=O) groups excluding carboxylic acids is 2. The van der Waals surface area contributed by atoms with E-state index in [-0.39, 0.29) is 11.9 Å². The van der Waals surface area contributed by atoms with Crippen LogP contribution in [0.1, 0.15) is 33.6 Å². The molecular formula is C19H23NO3. The van der Waals surface area contributed by atoms with Crippen LogP contribution in [-0.4, -0.2) is 18.0 Å². The number of hydrogen-bond acceptors (Lipinski definition) is 3. The van der Waals surface area contributed by atoms with Crippen LogP contribution in [0.4, 0.5) is 5.69 Å². The second-order valence-electron chi connectivity index (χ2n) is 6.12. The SMILES string of the molecule is CC(C)CCC(=O)OC(C)C(=O)Nc1ccc2ccccc2c1. The maximum Gasteiger partial charge on any atom is 0.306 e. The van der Waals surface area contributed by atoms with Crippen LogP contribution in [0.15, 0.2) is 42.5 Å². The van der Waals surface area contributed by atoms with E-state index in [9.17, 15) is 9.59 Å². The number of rotatable bonds is 6. The van der Waals surface area contributed by atoms with Crippen molar-refractivity contribution in [2.45, 2.75) is 39.7 Å². The molecule has 1 amide bonds. The summed E-state index contributed by atoms with van der Waals surface area (Å²) < 4.78 is 5.17. The van der Waals surface area contributed by atoms with Gasteiger partial charge in [0, 0.05) is 12.1 Å². The van der Waals surface area contributed by atoms with Crippen molar-refractivity contribution in [3.8, 4) is 0 Å². The minimum Gasteiger partial charge on any atom is -0.453 e. The third-order valence-electron chi connectivity index (χ3n) is 3.62. The summed E-state index contributed by atoms with van der Waals surface area (Å²) in [7, 11) is 0. The van der Waals surface area contributed by atoms with Gasteiger partial charge in [-0.3, -0.25) is 9.59 Å². The standard InChI is InChI=1S/C19H23NO3/c1-13(2)8-11-18(21)23-14(3)19(22)20-17-10-9-15-6-4-5-7-16(15)12-17/h4-7,9-10,12-14H,8,11H2,1-3H3,(H,20,22). The molecule has 0 aliphatic heterocycles. The molecule has 23 heavy (non-hydrogen) atoms. The van der Waals surface area contributed by atoms with E-state index < -0.39 is 6.10 Å². The first-order chi connectivity index (χ1) is 11.0. The Morgan fingerprint density at radius 3 is 2.43 bits per heavy atom. The number of nitrogens with one attached hydrogen (secondary N) is 1. The Kier molecular flexibility index (Phi) is 5.74. The highest BCUT2D eigenvalue weighted by atomic mass is 16.5. The summed E-state index contributed by atoms with van der Waals surface area (Å²) in [5.74, 6) is -0.220. The Morgan fingerprint density at radius 2 is 1.74 bits per heavy atom. The third kappa shape index (κ3) is 5.09. The minimum absolute atomic E-state index is 0.321. The Balaban J connectivity index is 1.93. The molecule has 1 unspecified atom stereocenters. The summed E-state index contributed by atoms with van der Waals surface area (Å²) >= 11 is 0. The number of hydrogen-bond donors (Lipinski definition) is 1. The Hall–Kier alpha value is -2.36. The van der Waals surface area contributed by atoms with Gasteiger partial charge in [-0.25, -0.2) is 0 Å². The average Bonchev–Trinajstić information content (AvgIpc) is 2.52. The zero-order valence-electron chi connectivity index (χ0n) is 13.8. The van der Waals surface area contributed by atoms with E-state index in [1.165, 1.54) is 0 Å². The molecule has 0 aliphatic rings. The molecule has 0 aromatic heterocycles. The Labute approximate surface area is 136 Å². The van der Waals surface area contributed by atoms with E-state index in [0.29, 0.717) is 18.0 Å². The fourth-order valence-electron chi connectivity index (χ4n) is 2.23. The van der Waals surface area contributed by atoms with Crippen molar-refractivity contribution < 1.29 is 14.3 Å². The number of benzene rings is 2. The molecule has 2 aromatic carbocycles. The van der Waals surface area contributed by atoms with Crippen LogP contribution in [0.2, 0.25) is 0 Å². The molecule has 2 aromatic rings. The maximum absolute atomic E-state index is 12.1. The molecule has 1 atom stereocenters. The van der Waals surface area contributed by atoms with E-state index in [1.54, 1.807) is 6.92 Å². The van der Waals surface area contributed by atoms with Crippen LogP contribution in [0, 0.1) is 5.92 Å². The van der Waals surface area contributed by atoms with E-state index in [1.807, 2.05) is 56.3 Å². The van der Waals surface area contributed by atoms with Gasteiger partial charge >= 0.3 is 5.97 Å². The monoisotopic (exact) mass is 313 g/mol. The molecule has 2 rings (SSSR count). The number of ether oxygens (including phenoxy) is 1. The van der Waals surface area contributed by atoms with Gasteiger partial charge in [0.15, 0.2) is 6.10 Å². The molecule has 122 valence electrons. The molecule has 0 saturated carbocycles. The lowest BCUT2D eigenvalue weighted by atomic mass is 10.1. The third-order valence-corrected chi connectivity index (χ3v) is 3.62. The summed E-state index contributed by atoms with van der Waals surface area (Å²) in [5, 5.41) is 4.95. The fourth-order valence-corrected chi connectivity index (χ4v) is 2.23. The molecule has 4 nitrogen and oxygen atoms in total. The van der Waals surface area contributed by atoms with Crippen molar-refractivity contribution in [1.82, 2.24) is 0 Å². The molecular weight excluding hydrogens is 290 g/mol. The summed E-state index contributed by atoms with van der Waals surface area (Å²) in [5.41, 5.74) is 0.693. The normalized spacial score (nSPS) is 12.2.